The third-order valence-electron chi connectivity index (χ3n) is 3.62. The molecule has 2 aromatic rings. The van der Waals surface area contributed by atoms with Gasteiger partial charge in [-0.25, -0.2) is 0 Å². The molecule has 0 radical (unpaired) electrons. The molecule has 0 amide bonds. The fourth-order valence-electron chi connectivity index (χ4n) is 2.70. The first-order valence-electron chi connectivity index (χ1n) is 6.04. The summed E-state index contributed by atoms with van der Waals surface area (Å²) in [4.78, 5) is 4.81. The van der Waals surface area contributed by atoms with Crippen molar-refractivity contribution in [3.05, 3.63) is 33.4 Å². The van der Waals surface area contributed by atoms with Gasteiger partial charge in [0.15, 0.2) is 0 Å². The molecule has 3 heteroatoms. The molecule has 1 aliphatic carbocycles. The van der Waals surface area contributed by atoms with E-state index in [9.17, 15) is 0 Å². The lowest BCUT2D eigenvalue weighted by Gasteiger charge is -2.19. The van der Waals surface area contributed by atoms with Gasteiger partial charge in [0.05, 0.1) is 5.52 Å². The minimum Gasteiger partial charge on any atom is -0.398 e. The number of aryl methyl sites for hydroxylation is 2. The van der Waals surface area contributed by atoms with Crippen LogP contribution in [0.4, 0.5) is 5.69 Å². The predicted molar refractivity (Wildman–Crippen MR) is 75.2 cm³/mol. The van der Waals surface area contributed by atoms with Crippen LogP contribution in [0.1, 0.15) is 29.7 Å². The van der Waals surface area contributed by atoms with Crippen molar-refractivity contribution in [2.24, 2.45) is 0 Å². The van der Waals surface area contributed by atoms with Crippen molar-refractivity contribution >= 4 is 32.5 Å². The lowest BCUT2D eigenvalue weighted by atomic mass is 9.92. The first-order chi connectivity index (χ1) is 8.18. The zero-order chi connectivity index (χ0) is 12.0. The van der Waals surface area contributed by atoms with E-state index in [1.165, 1.54) is 29.7 Å². The SMILES string of the molecule is Cc1ccc(Br)c2nc3c(c(N)c12)CCCC3. The maximum Gasteiger partial charge on any atom is 0.0870 e. The van der Waals surface area contributed by atoms with E-state index in [1.807, 2.05) is 0 Å². The molecule has 1 heterocycles. The van der Waals surface area contributed by atoms with Gasteiger partial charge in [-0.2, -0.15) is 0 Å². The molecule has 2 N–H and O–H groups in total. The second-order valence-corrected chi connectivity index (χ2v) is 5.60. The zero-order valence-corrected chi connectivity index (χ0v) is 11.5. The maximum absolute atomic E-state index is 6.35. The van der Waals surface area contributed by atoms with Crippen LogP contribution in [0.3, 0.4) is 0 Å². The van der Waals surface area contributed by atoms with Gasteiger partial charge in [-0.05, 0) is 65.7 Å². The van der Waals surface area contributed by atoms with E-state index >= 15 is 0 Å². The van der Waals surface area contributed by atoms with Gasteiger partial charge in [0.2, 0.25) is 0 Å². The number of nitrogen functional groups attached to an aromatic ring is 1. The largest absolute Gasteiger partial charge is 0.398 e. The van der Waals surface area contributed by atoms with E-state index in [1.54, 1.807) is 0 Å². The normalized spacial score (nSPS) is 14.9. The van der Waals surface area contributed by atoms with Gasteiger partial charge < -0.3 is 5.73 Å². The Labute approximate surface area is 109 Å². The highest BCUT2D eigenvalue weighted by Gasteiger charge is 2.18. The smallest absolute Gasteiger partial charge is 0.0870 e. The van der Waals surface area contributed by atoms with E-state index in [0.717, 1.165) is 33.9 Å². The Balaban J connectivity index is 2.44. The van der Waals surface area contributed by atoms with Crippen molar-refractivity contribution in [1.29, 1.82) is 0 Å². The van der Waals surface area contributed by atoms with E-state index in [0.29, 0.717) is 0 Å². The molecule has 0 spiro atoms. The number of nitrogens with zero attached hydrogens (tertiary/aromatic N) is 1. The number of aromatic nitrogens is 1. The third-order valence-corrected chi connectivity index (χ3v) is 4.26. The van der Waals surface area contributed by atoms with Crippen LogP contribution in [0.15, 0.2) is 16.6 Å². The van der Waals surface area contributed by atoms with Crippen molar-refractivity contribution in [2.75, 3.05) is 5.73 Å². The quantitative estimate of drug-likeness (QED) is 0.802. The van der Waals surface area contributed by atoms with Crippen molar-refractivity contribution in [3.8, 4) is 0 Å². The van der Waals surface area contributed by atoms with Gasteiger partial charge in [-0.15, -0.1) is 0 Å². The van der Waals surface area contributed by atoms with Crippen molar-refractivity contribution < 1.29 is 0 Å². The lowest BCUT2D eigenvalue weighted by Crippen LogP contribution is -2.10. The number of anilines is 1. The number of halogens is 1. The van der Waals surface area contributed by atoms with Crippen molar-refractivity contribution in [2.45, 2.75) is 32.6 Å². The predicted octanol–water partition coefficient (Wildman–Crippen LogP) is 3.77. The van der Waals surface area contributed by atoms with E-state index in [4.69, 9.17) is 10.7 Å². The Kier molecular flexibility index (Phi) is 2.58. The Morgan fingerprint density at radius 3 is 2.82 bits per heavy atom. The average molecular weight is 291 g/mol. The number of pyridine rings is 1. The summed E-state index contributed by atoms with van der Waals surface area (Å²) < 4.78 is 1.04. The standard InChI is InChI=1S/C14H15BrN2/c1-8-6-7-10(15)14-12(8)13(16)9-4-2-3-5-11(9)17-14/h6-7H,2-5H2,1H3,(H2,16,17). The van der Waals surface area contributed by atoms with Crippen LogP contribution in [-0.4, -0.2) is 4.98 Å². The molecule has 0 saturated carbocycles. The Morgan fingerprint density at radius 1 is 1.24 bits per heavy atom. The summed E-state index contributed by atoms with van der Waals surface area (Å²) >= 11 is 3.57. The number of hydrogen-bond donors (Lipinski definition) is 1. The van der Waals surface area contributed by atoms with Crippen LogP contribution >= 0.6 is 15.9 Å². The Bertz CT molecular complexity index is 605. The van der Waals surface area contributed by atoms with Gasteiger partial charge in [0.1, 0.15) is 0 Å². The monoisotopic (exact) mass is 290 g/mol. The van der Waals surface area contributed by atoms with Gasteiger partial charge in [0.25, 0.3) is 0 Å². The minimum atomic E-state index is 0.948. The number of nitrogens with two attached hydrogens (primary N) is 1. The molecular weight excluding hydrogens is 276 g/mol. The summed E-state index contributed by atoms with van der Waals surface area (Å²) in [5, 5.41) is 1.13. The first kappa shape index (κ1) is 11.0. The minimum absolute atomic E-state index is 0.948. The fourth-order valence-corrected chi connectivity index (χ4v) is 3.12. The van der Waals surface area contributed by atoms with Crippen molar-refractivity contribution in [3.63, 3.8) is 0 Å². The van der Waals surface area contributed by atoms with Gasteiger partial charge in [-0.3, -0.25) is 4.98 Å². The van der Waals surface area contributed by atoms with E-state index < -0.39 is 0 Å². The molecule has 3 rings (SSSR count). The zero-order valence-electron chi connectivity index (χ0n) is 9.89. The first-order valence-corrected chi connectivity index (χ1v) is 6.84. The van der Waals surface area contributed by atoms with Gasteiger partial charge in [0, 0.05) is 21.2 Å². The summed E-state index contributed by atoms with van der Waals surface area (Å²) in [6, 6.07) is 4.15. The fraction of sp³-hybridized carbons (Fsp3) is 0.357. The highest BCUT2D eigenvalue weighted by atomic mass is 79.9. The van der Waals surface area contributed by atoms with Crippen LogP contribution in [0, 0.1) is 6.92 Å². The summed E-state index contributed by atoms with van der Waals surface area (Å²) in [7, 11) is 0. The van der Waals surface area contributed by atoms with Crippen LogP contribution < -0.4 is 5.73 Å². The van der Waals surface area contributed by atoms with Crippen LogP contribution in [0.2, 0.25) is 0 Å². The highest BCUT2D eigenvalue weighted by Crippen LogP contribution is 2.35. The van der Waals surface area contributed by atoms with Gasteiger partial charge >= 0.3 is 0 Å². The summed E-state index contributed by atoms with van der Waals surface area (Å²) in [5.74, 6) is 0. The summed E-state index contributed by atoms with van der Waals surface area (Å²) in [6.45, 7) is 2.10. The average Bonchev–Trinajstić information content (AvgIpc) is 2.34. The van der Waals surface area contributed by atoms with Crippen molar-refractivity contribution in [1.82, 2.24) is 4.98 Å². The number of rotatable bonds is 0. The maximum atomic E-state index is 6.35. The molecule has 0 saturated heterocycles. The molecule has 0 unspecified atom stereocenters. The molecule has 1 aliphatic rings. The summed E-state index contributed by atoms with van der Waals surface area (Å²) in [6.07, 6.45) is 4.61. The number of fused-ring (bicyclic) bond motifs is 2. The molecule has 1 aromatic carbocycles. The molecule has 0 aliphatic heterocycles. The Morgan fingerprint density at radius 2 is 2.00 bits per heavy atom. The van der Waals surface area contributed by atoms with Crippen LogP contribution in [0.5, 0.6) is 0 Å². The number of hydrogen-bond acceptors (Lipinski definition) is 2. The molecule has 0 fully saturated rings. The molecule has 1 aromatic heterocycles. The third kappa shape index (κ3) is 1.64. The Hall–Kier alpha value is -1.09. The van der Waals surface area contributed by atoms with E-state index in [2.05, 4.69) is 35.0 Å². The van der Waals surface area contributed by atoms with Gasteiger partial charge in [-0.1, -0.05) is 6.07 Å². The molecule has 88 valence electrons. The molecule has 2 nitrogen and oxygen atoms in total. The molecule has 0 atom stereocenters. The number of benzene rings is 1. The second-order valence-electron chi connectivity index (χ2n) is 4.75. The second kappa shape index (κ2) is 3.98. The topological polar surface area (TPSA) is 38.9 Å². The van der Waals surface area contributed by atoms with E-state index in [-0.39, 0.29) is 0 Å². The molecule has 0 bridgehead atoms. The lowest BCUT2D eigenvalue weighted by molar-refractivity contribution is 0.673. The van der Waals surface area contributed by atoms with Crippen LogP contribution in [0.25, 0.3) is 10.9 Å². The molecule has 17 heavy (non-hydrogen) atoms. The van der Waals surface area contributed by atoms with Crippen LogP contribution in [-0.2, 0) is 12.8 Å². The summed E-state index contributed by atoms with van der Waals surface area (Å²) in [5.41, 5.74) is 12.0. The molecular formula is C14H15BrN2. The highest BCUT2D eigenvalue weighted by molar-refractivity contribution is 9.10.